The lowest BCUT2D eigenvalue weighted by molar-refractivity contribution is -0.138. The van der Waals surface area contributed by atoms with E-state index in [9.17, 15) is 27.9 Å². The van der Waals surface area contributed by atoms with Crippen LogP contribution in [-0.4, -0.2) is 66.0 Å². The van der Waals surface area contributed by atoms with E-state index in [0.29, 0.717) is 0 Å². The number of carbonyl (C=O) groups excluding carboxylic acids is 2. The van der Waals surface area contributed by atoms with Gasteiger partial charge >= 0.3 is 12.1 Å². The first-order valence-electron chi connectivity index (χ1n) is 13.0. The number of nitrogens with one attached hydrogen (secondary N) is 1. The summed E-state index contributed by atoms with van der Waals surface area (Å²) in [5, 5.41) is 12.5. The van der Waals surface area contributed by atoms with Crippen molar-refractivity contribution in [2.45, 2.75) is 62.2 Å². The van der Waals surface area contributed by atoms with Crippen LogP contribution in [0.15, 0.2) is 53.4 Å². The summed E-state index contributed by atoms with van der Waals surface area (Å²) < 4.78 is 33.7. The van der Waals surface area contributed by atoms with Gasteiger partial charge in [0.05, 0.1) is 21.4 Å². The van der Waals surface area contributed by atoms with Gasteiger partial charge in [-0.1, -0.05) is 72.8 Å². The molecule has 1 saturated heterocycles. The maximum Gasteiger partial charge on any atom is 0.411 e. The largest absolute Gasteiger partial charge is 0.481 e. The van der Waals surface area contributed by atoms with Crippen LogP contribution in [-0.2, 0) is 31.0 Å². The summed E-state index contributed by atoms with van der Waals surface area (Å²) in [6, 6.07) is 12.0. The summed E-state index contributed by atoms with van der Waals surface area (Å²) in [5.74, 6) is -1.95. The molecule has 10 nitrogen and oxygen atoms in total. The number of hydrogen-bond acceptors (Lipinski definition) is 6. The van der Waals surface area contributed by atoms with Crippen molar-refractivity contribution in [1.82, 2.24) is 14.5 Å². The van der Waals surface area contributed by atoms with E-state index in [1.807, 2.05) is 6.07 Å². The summed E-state index contributed by atoms with van der Waals surface area (Å²) in [7, 11) is -4.33. The van der Waals surface area contributed by atoms with Crippen LogP contribution in [0.2, 0.25) is 10.0 Å². The predicted molar refractivity (Wildman–Crippen MR) is 148 cm³/mol. The van der Waals surface area contributed by atoms with E-state index in [1.54, 1.807) is 24.3 Å². The maximum absolute atomic E-state index is 13.8. The monoisotopic (exact) mass is 611 g/mol. The first-order valence-corrected chi connectivity index (χ1v) is 15.2. The molecule has 2 aromatic carbocycles. The molecular formula is C27H31Cl2N3O7S. The molecule has 2 fully saturated rings. The van der Waals surface area contributed by atoms with Crippen molar-refractivity contribution < 1.29 is 32.6 Å². The average molecular weight is 613 g/mol. The predicted octanol–water partition coefficient (Wildman–Crippen LogP) is 4.50. The third-order valence-electron chi connectivity index (χ3n) is 7.24. The third-order valence-corrected chi connectivity index (χ3v) is 9.83. The Morgan fingerprint density at radius 3 is 2.35 bits per heavy atom. The Hall–Kier alpha value is -2.86. The maximum atomic E-state index is 13.8. The molecule has 1 aliphatic heterocycles. The molecule has 13 heteroatoms. The van der Waals surface area contributed by atoms with Gasteiger partial charge in [-0.25, -0.2) is 13.2 Å². The Kier molecular flexibility index (Phi) is 9.94. The molecule has 0 spiro atoms. The van der Waals surface area contributed by atoms with E-state index in [4.69, 9.17) is 27.9 Å². The Balaban J connectivity index is 1.63. The summed E-state index contributed by atoms with van der Waals surface area (Å²) in [6.45, 7) is -0.374. The topological polar surface area (TPSA) is 133 Å². The fraction of sp³-hybridized carbons (Fsp3) is 0.444. The number of benzene rings is 2. The van der Waals surface area contributed by atoms with Crippen molar-refractivity contribution in [1.29, 1.82) is 0 Å². The first-order chi connectivity index (χ1) is 19.1. The minimum atomic E-state index is -4.33. The number of amides is 2. The number of carboxylic acid groups (broad SMARTS) is 1. The van der Waals surface area contributed by atoms with Crippen molar-refractivity contribution in [2.24, 2.45) is 5.92 Å². The van der Waals surface area contributed by atoms with Gasteiger partial charge in [0.1, 0.15) is 6.61 Å². The van der Waals surface area contributed by atoms with Gasteiger partial charge in [0.25, 0.3) is 5.91 Å². The normalized spacial score (nSPS) is 19.2. The van der Waals surface area contributed by atoms with Gasteiger partial charge < -0.3 is 15.2 Å². The zero-order valence-corrected chi connectivity index (χ0v) is 24.0. The van der Waals surface area contributed by atoms with Crippen LogP contribution in [0.3, 0.4) is 0 Å². The number of hydrogen-bond donors (Lipinski definition) is 2. The molecule has 2 atom stereocenters. The van der Waals surface area contributed by atoms with Crippen molar-refractivity contribution in [3.8, 4) is 0 Å². The fourth-order valence-electron chi connectivity index (χ4n) is 5.21. The minimum Gasteiger partial charge on any atom is -0.481 e. The zero-order valence-electron chi connectivity index (χ0n) is 21.7. The molecule has 4 rings (SSSR count). The second kappa shape index (κ2) is 13.2. The first kappa shape index (κ1) is 30.1. The van der Waals surface area contributed by atoms with E-state index in [1.165, 1.54) is 18.2 Å². The van der Waals surface area contributed by atoms with E-state index in [0.717, 1.165) is 46.9 Å². The highest BCUT2D eigenvalue weighted by Crippen LogP contribution is 2.31. The van der Waals surface area contributed by atoms with Gasteiger partial charge in [0, 0.05) is 19.1 Å². The molecule has 216 valence electrons. The standard InChI is InChI=1S/C27H31Cl2N3O7S/c28-21-12-11-20(15-22(21)29)40(37,38)32-14-13-31(27(36)39-17-18-7-3-1-4-8-18)26(32)25(35)30-23(16-24(33)34)19-9-5-2-6-10-19/h1,3-4,7-8,11-12,15,19,23,26H,2,5-6,9-10,13-14,16-17H2,(H,30,35)(H,33,34). The van der Waals surface area contributed by atoms with Gasteiger partial charge in [-0.2, -0.15) is 4.31 Å². The van der Waals surface area contributed by atoms with Crippen LogP contribution in [0.25, 0.3) is 0 Å². The lowest BCUT2D eigenvalue weighted by Crippen LogP contribution is -2.56. The molecule has 0 radical (unpaired) electrons. The third kappa shape index (κ3) is 7.06. The molecule has 2 N–H and O–H groups in total. The van der Waals surface area contributed by atoms with Crippen molar-refractivity contribution >= 4 is 51.2 Å². The number of nitrogens with zero attached hydrogens (tertiary/aromatic N) is 2. The highest BCUT2D eigenvalue weighted by molar-refractivity contribution is 7.89. The molecule has 2 unspecified atom stereocenters. The molecule has 2 amide bonds. The van der Waals surface area contributed by atoms with Gasteiger partial charge in [-0.15, -0.1) is 0 Å². The van der Waals surface area contributed by atoms with Gasteiger partial charge in [0.15, 0.2) is 6.17 Å². The molecule has 1 aliphatic carbocycles. The number of ether oxygens (including phenoxy) is 1. The van der Waals surface area contributed by atoms with Crippen LogP contribution >= 0.6 is 23.2 Å². The molecule has 0 aromatic heterocycles. The smallest absolute Gasteiger partial charge is 0.411 e. The molecule has 2 aliphatic rings. The quantitative estimate of drug-likeness (QED) is 0.426. The second-order valence-electron chi connectivity index (χ2n) is 9.91. The van der Waals surface area contributed by atoms with E-state index >= 15 is 0 Å². The minimum absolute atomic E-state index is 0.0147. The summed E-state index contributed by atoms with van der Waals surface area (Å²) in [5.41, 5.74) is 0.718. The fourth-order valence-corrected chi connectivity index (χ4v) is 7.15. The number of carboxylic acids is 1. The highest BCUT2D eigenvalue weighted by atomic mass is 35.5. The van der Waals surface area contributed by atoms with Gasteiger partial charge in [-0.05, 0) is 42.5 Å². The molecular weight excluding hydrogens is 581 g/mol. The lowest BCUT2D eigenvalue weighted by atomic mass is 9.82. The SMILES string of the molecule is O=C(O)CC(NC(=O)C1N(C(=O)OCc2ccccc2)CCN1S(=O)(=O)c1ccc(Cl)c(Cl)c1)C1CCCCC1. The Labute approximate surface area is 243 Å². The van der Waals surface area contributed by atoms with Gasteiger partial charge in [-0.3, -0.25) is 14.5 Å². The highest BCUT2D eigenvalue weighted by Gasteiger charge is 2.48. The second-order valence-corrected chi connectivity index (χ2v) is 12.6. The molecule has 1 saturated carbocycles. The van der Waals surface area contributed by atoms with Crippen molar-refractivity contribution in [3.05, 3.63) is 64.1 Å². The molecule has 0 bridgehead atoms. The van der Waals surface area contributed by atoms with Crippen LogP contribution in [0.4, 0.5) is 4.79 Å². The Morgan fingerprint density at radius 2 is 1.70 bits per heavy atom. The summed E-state index contributed by atoms with van der Waals surface area (Å²) in [4.78, 5) is 39.4. The number of sulfonamides is 1. The van der Waals surface area contributed by atoms with E-state index in [2.05, 4.69) is 5.32 Å². The lowest BCUT2D eigenvalue weighted by Gasteiger charge is -2.33. The number of carbonyl (C=O) groups is 3. The number of rotatable bonds is 9. The van der Waals surface area contributed by atoms with Gasteiger partial charge in [0.2, 0.25) is 10.0 Å². The molecule has 40 heavy (non-hydrogen) atoms. The molecule has 2 aromatic rings. The van der Waals surface area contributed by atoms with Crippen molar-refractivity contribution in [2.75, 3.05) is 13.1 Å². The van der Waals surface area contributed by atoms with E-state index in [-0.39, 0.29) is 47.0 Å². The van der Waals surface area contributed by atoms with Crippen LogP contribution in [0.1, 0.15) is 44.1 Å². The number of aliphatic carboxylic acids is 1. The zero-order chi connectivity index (χ0) is 28.9. The Bertz CT molecular complexity index is 1340. The Morgan fingerprint density at radius 1 is 1.00 bits per heavy atom. The summed E-state index contributed by atoms with van der Waals surface area (Å²) in [6.07, 6.45) is 1.57. The van der Waals surface area contributed by atoms with Crippen LogP contribution in [0, 0.1) is 5.92 Å². The summed E-state index contributed by atoms with van der Waals surface area (Å²) >= 11 is 12.0. The average Bonchev–Trinajstić information content (AvgIpc) is 3.40. The van der Waals surface area contributed by atoms with Crippen LogP contribution in [0.5, 0.6) is 0 Å². The van der Waals surface area contributed by atoms with Crippen molar-refractivity contribution in [3.63, 3.8) is 0 Å². The number of halogens is 2. The van der Waals surface area contributed by atoms with Crippen LogP contribution < -0.4 is 5.32 Å². The van der Waals surface area contributed by atoms with E-state index < -0.39 is 40.2 Å². The molecule has 1 heterocycles.